The second-order valence-corrected chi connectivity index (χ2v) is 7.04. The highest BCUT2D eigenvalue weighted by atomic mass is 32.1. The number of quaternary nitrogens is 1. The first-order chi connectivity index (χ1) is 11.1. The summed E-state index contributed by atoms with van der Waals surface area (Å²) in [6, 6.07) is 0. The fourth-order valence-electron chi connectivity index (χ4n) is 3.11. The lowest BCUT2D eigenvalue weighted by molar-refractivity contribution is -0.886. The van der Waals surface area contributed by atoms with Gasteiger partial charge in [-0.3, -0.25) is 4.79 Å². The summed E-state index contributed by atoms with van der Waals surface area (Å²) >= 11 is 1.58. The fourth-order valence-corrected chi connectivity index (χ4v) is 3.74. The number of hydrogen-bond donors (Lipinski definition) is 1. The molecule has 0 radical (unpaired) electrons. The number of rotatable bonds is 6. The van der Waals surface area contributed by atoms with Gasteiger partial charge in [-0.2, -0.15) is 0 Å². The van der Waals surface area contributed by atoms with Gasteiger partial charge in [-0.05, 0) is 13.8 Å². The van der Waals surface area contributed by atoms with Gasteiger partial charge >= 0.3 is 0 Å². The van der Waals surface area contributed by atoms with E-state index in [0.29, 0.717) is 23.6 Å². The maximum Gasteiger partial charge on any atom is 0.259 e. The lowest BCUT2D eigenvalue weighted by Crippen LogP contribution is -3.10. The topological polar surface area (TPSA) is 63.7 Å². The molecule has 0 saturated carbocycles. The van der Waals surface area contributed by atoms with Crippen LogP contribution >= 0.6 is 11.3 Å². The lowest BCUT2D eigenvalue weighted by Gasteiger charge is -2.23. The fraction of sp³-hybridized carbons (Fsp3) is 0.562. The highest BCUT2D eigenvalue weighted by Gasteiger charge is 2.26. The molecule has 3 heterocycles. The first-order valence-electron chi connectivity index (χ1n) is 8.09. The van der Waals surface area contributed by atoms with E-state index in [4.69, 9.17) is 4.52 Å². The number of carbonyl (C=O) groups excluding carboxylic acids is 1. The van der Waals surface area contributed by atoms with Gasteiger partial charge < -0.3 is 14.3 Å². The minimum atomic E-state index is -0.00459. The molecular formula is C16H23N4O2S+. The minimum Gasteiger partial charge on any atom is -0.361 e. The van der Waals surface area contributed by atoms with Crippen molar-refractivity contribution in [1.82, 2.24) is 15.0 Å². The molecule has 0 aliphatic carbocycles. The van der Waals surface area contributed by atoms with Crippen molar-refractivity contribution in [2.24, 2.45) is 0 Å². The Hall–Kier alpha value is -1.73. The van der Waals surface area contributed by atoms with E-state index in [-0.39, 0.29) is 5.91 Å². The van der Waals surface area contributed by atoms with Crippen LogP contribution in [-0.4, -0.2) is 47.1 Å². The van der Waals surface area contributed by atoms with Crippen molar-refractivity contribution >= 4 is 17.2 Å². The van der Waals surface area contributed by atoms with Crippen molar-refractivity contribution in [2.45, 2.75) is 33.2 Å². The van der Waals surface area contributed by atoms with E-state index in [1.54, 1.807) is 29.4 Å². The zero-order chi connectivity index (χ0) is 16.2. The quantitative estimate of drug-likeness (QED) is 0.858. The molecule has 2 aromatic rings. The molecular weight excluding hydrogens is 312 g/mol. The Morgan fingerprint density at radius 2 is 2.17 bits per heavy atom. The molecule has 0 unspecified atom stereocenters. The van der Waals surface area contributed by atoms with E-state index in [1.807, 2.05) is 17.2 Å². The van der Waals surface area contributed by atoms with E-state index in [0.717, 1.165) is 18.1 Å². The van der Waals surface area contributed by atoms with E-state index < -0.39 is 0 Å². The van der Waals surface area contributed by atoms with Crippen LogP contribution in [0, 0.1) is 13.8 Å². The molecule has 0 bridgehead atoms. The average molecular weight is 335 g/mol. The third kappa shape index (κ3) is 3.79. The molecule has 1 N–H and O–H groups in total. The van der Waals surface area contributed by atoms with Crippen molar-refractivity contribution in [3.05, 3.63) is 33.6 Å². The van der Waals surface area contributed by atoms with Crippen LogP contribution in [0.3, 0.4) is 0 Å². The van der Waals surface area contributed by atoms with Gasteiger partial charge in [-0.1, -0.05) is 5.16 Å². The van der Waals surface area contributed by atoms with Crippen molar-refractivity contribution < 1.29 is 14.2 Å². The second-order valence-electron chi connectivity index (χ2n) is 6.06. The van der Waals surface area contributed by atoms with Crippen molar-refractivity contribution in [2.75, 3.05) is 26.2 Å². The largest absolute Gasteiger partial charge is 0.361 e. The van der Waals surface area contributed by atoms with Crippen molar-refractivity contribution in [3.63, 3.8) is 0 Å². The number of nitrogens with zero attached hydrogens (tertiary/aromatic N) is 3. The van der Waals surface area contributed by atoms with Crippen LogP contribution in [0.15, 0.2) is 16.1 Å². The maximum absolute atomic E-state index is 13.0. The zero-order valence-electron chi connectivity index (χ0n) is 13.7. The van der Waals surface area contributed by atoms with Gasteiger partial charge in [0.1, 0.15) is 16.3 Å². The molecule has 1 amide bonds. The van der Waals surface area contributed by atoms with Crippen LogP contribution < -0.4 is 4.90 Å². The monoisotopic (exact) mass is 335 g/mol. The van der Waals surface area contributed by atoms with Gasteiger partial charge in [0, 0.05) is 24.4 Å². The van der Waals surface area contributed by atoms with Crippen LogP contribution in [0.25, 0.3) is 0 Å². The van der Waals surface area contributed by atoms with Gasteiger partial charge in [0.05, 0.1) is 38.4 Å². The number of amides is 1. The Kier molecular flexibility index (Phi) is 5.07. The second kappa shape index (κ2) is 7.23. The van der Waals surface area contributed by atoms with E-state index in [1.165, 1.54) is 25.9 Å². The lowest BCUT2D eigenvalue weighted by atomic mass is 10.1. The number of aryl methyl sites for hydroxylation is 2. The summed E-state index contributed by atoms with van der Waals surface area (Å²) in [5.41, 5.74) is 1.25. The summed E-state index contributed by atoms with van der Waals surface area (Å²) in [7, 11) is 0. The van der Waals surface area contributed by atoms with Gasteiger partial charge in [-0.15, -0.1) is 11.3 Å². The normalized spacial score (nSPS) is 15.2. The highest BCUT2D eigenvalue weighted by molar-refractivity contribution is 7.09. The Balaban J connectivity index is 1.74. The molecule has 0 atom stereocenters. The molecule has 1 aliphatic heterocycles. The molecule has 7 heteroatoms. The van der Waals surface area contributed by atoms with E-state index in [2.05, 4.69) is 10.1 Å². The number of likely N-dealkylation sites (tertiary alicyclic amines) is 1. The predicted octanol–water partition coefficient (Wildman–Crippen LogP) is 1.07. The number of hydrogen-bond acceptors (Lipinski definition) is 5. The number of carbonyl (C=O) groups is 1. The summed E-state index contributed by atoms with van der Waals surface area (Å²) in [6.07, 6.45) is 4.36. The first-order valence-corrected chi connectivity index (χ1v) is 8.97. The van der Waals surface area contributed by atoms with Crippen LogP contribution in [-0.2, 0) is 6.54 Å². The predicted molar refractivity (Wildman–Crippen MR) is 87.6 cm³/mol. The zero-order valence-corrected chi connectivity index (χ0v) is 14.5. The van der Waals surface area contributed by atoms with Crippen LogP contribution in [0.4, 0.5) is 0 Å². The SMILES string of the molecule is Cc1noc(C)c1C(=O)N(CC[NH+]1CCCC1)Cc1nccs1. The Morgan fingerprint density at radius 3 is 2.78 bits per heavy atom. The molecule has 6 nitrogen and oxygen atoms in total. The molecule has 124 valence electrons. The van der Waals surface area contributed by atoms with Gasteiger partial charge in [0.25, 0.3) is 5.91 Å². The Bertz CT molecular complexity index is 628. The smallest absolute Gasteiger partial charge is 0.259 e. The van der Waals surface area contributed by atoms with Gasteiger partial charge in [0.2, 0.25) is 0 Å². The van der Waals surface area contributed by atoms with E-state index in [9.17, 15) is 4.79 Å². The molecule has 3 rings (SSSR count). The molecule has 1 saturated heterocycles. The summed E-state index contributed by atoms with van der Waals surface area (Å²) in [5, 5.41) is 6.82. The van der Waals surface area contributed by atoms with Crippen LogP contribution in [0.2, 0.25) is 0 Å². The summed E-state index contributed by atoms with van der Waals surface area (Å²) < 4.78 is 5.16. The van der Waals surface area contributed by atoms with Gasteiger partial charge in [-0.25, -0.2) is 4.98 Å². The number of aromatic nitrogens is 2. The summed E-state index contributed by atoms with van der Waals surface area (Å²) in [6.45, 7) is 8.30. The van der Waals surface area contributed by atoms with Crippen molar-refractivity contribution in [1.29, 1.82) is 0 Å². The van der Waals surface area contributed by atoms with Crippen LogP contribution in [0.5, 0.6) is 0 Å². The standard InChI is InChI=1S/C16H22N4O2S/c1-12-15(13(2)22-18-12)16(21)20(11-14-17-5-10-23-14)9-8-19-6-3-4-7-19/h5,10H,3-4,6-9,11H2,1-2H3/p+1. The highest BCUT2D eigenvalue weighted by Crippen LogP contribution is 2.17. The maximum atomic E-state index is 13.0. The van der Waals surface area contributed by atoms with Gasteiger partial charge in [0.15, 0.2) is 0 Å². The summed E-state index contributed by atoms with van der Waals surface area (Å²) in [4.78, 5) is 20.8. The Morgan fingerprint density at radius 1 is 1.39 bits per heavy atom. The van der Waals surface area contributed by atoms with Crippen LogP contribution in [0.1, 0.15) is 39.7 Å². The molecule has 0 spiro atoms. The summed E-state index contributed by atoms with van der Waals surface area (Å²) in [5.74, 6) is 0.584. The first kappa shape index (κ1) is 16.1. The third-order valence-electron chi connectivity index (χ3n) is 4.39. The average Bonchev–Trinajstić information content (AvgIpc) is 3.26. The molecule has 1 fully saturated rings. The van der Waals surface area contributed by atoms with E-state index >= 15 is 0 Å². The number of thiazole rings is 1. The molecule has 0 aromatic carbocycles. The third-order valence-corrected chi connectivity index (χ3v) is 5.15. The van der Waals surface area contributed by atoms with Crippen molar-refractivity contribution in [3.8, 4) is 0 Å². The molecule has 1 aliphatic rings. The number of nitrogens with one attached hydrogen (secondary N) is 1. The Labute approximate surface area is 140 Å². The minimum absolute atomic E-state index is 0.00459. The molecule has 2 aromatic heterocycles. The molecule has 23 heavy (non-hydrogen) atoms.